The molecule has 5 nitrogen and oxygen atoms in total. The molecule has 0 atom stereocenters. The van der Waals surface area contributed by atoms with Crippen molar-refractivity contribution in [2.24, 2.45) is 11.7 Å². The van der Waals surface area contributed by atoms with Crippen molar-refractivity contribution in [2.75, 3.05) is 10.8 Å². The highest BCUT2D eigenvalue weighted by Crippen LogP contribution is 2.29. The Hall–Kier alpha value is -0.860. The molecule has 0 fully saturated rings. The van der Waals surface area contributed by atoms with Crippen LogP contribution in [0.2, 0.25) is 0 Å². The van der Waals surface area contributed by atoms with Gasteiger partial charge in [0.25, 0.3) is 0 Å². The van der Waals surface area contributed by atoms with Crippen LogP contribution in [-0.2, 0) is 6.61 Å². The molecule has 0 unspecified atom stereocenters. The molecule has 17 heavy (non-hydrogen) atoms. The average Bonchev–Trinajstić information content (AvgIpc) is 2.37. The van der Waals surface area contributed by atoms with Crippen LogP contribution in [-0.4, -0.2) is 16.0 Å². The molecule has 94 valence electrons. The standard InChI is InChI=1S/C10H16N4OS2/c1-2-17-9-5-3-4-8(7(9)6-15)14(12)10(16)13-11/h3-5,15H,2,6,11-12H2,1H3,(H,13,16). The molecule has 0 saturated heterocycles. The maximum Gasteiger partial charge on any atom is 0.202 e. The van der Waals surface area contributed by atoms with Gasteiger partial charge in [0.05, 0.1) is 12.3 Å². The van der Waals surface area contributed by atoms with Gasteiger partial charge < -0.3 is 5.11 Å². The van der Waals surface area contributed by atoms with Crippen LogP contribution >= 0.6 is 24.0 Å². The van der Waals surface area contributed by atoms with Crippen LogP contribution in [0, 0.1) is 0 Å². The third-order valence-corrected chi connectivity index (χ3v) is 3.46. The summed E-state index contributed by atoms with van der Waals surface area (Å²) in [5.41, 5.74) is 3.71. The van der Waals surface area contributed by atoms with E-state index in [-0.39, 0.29) is 11.7 Å². The predicted octanol–water partition coefficient (Wildman–Crippen LogP) is 0.719. The third kappa shape index (κ3) is 3.30. The molecule has 0 saturated carbocycles. The Morgan fingerprint density at radius 3 is 2.82 bits per heavy atom. The number of aliphatic hydroxyl groups excluding tert-OH is 1. The van der Waals surface area contributed by atoms with E-state index in [1.165, 1.54) is 5.01 Å². The Bertz CT molecular complexity index is 400. The second-order valence-corrected chi connectivity index (χ2v) is 4.86. The van der Waals surface area contributed by atoms with Crippen LogP contribution in [0.15, 0.2) is 23.1 Å². The number of hydrogen-bond acceptors (Lipinski definition) is 5. The lowest BCUT2D eigenvalue weighted by atomic mass is 10.2. The number of anilines is 1. The van der Waals surface area contributed by atoms with Crippen LogP contribution < -0.4 is 22.1 Å². The minimum Gasteiger partial charge on any atom is -0.392 e. The highest BCUT2D eigenvalue weighted by Gasteiger charge is 2.14. The number of thioether (sulfide) groups is 1. The summed E-state index contributed by atoms with van der Waals surface area (Å²) in [5.74, 6) is 12.0. The summed E-state index contributed by atoms with van der Waals surface area (Å²) in [4.78, 5) is 0.989. The summed E-state index contributed by atoms with van der Waals surface area (Å²) in [7, 11) is 0. The lowest BCUT2D eigenvalue weighted by Gasteiger charge is -2.22. The fourth-order valence-electron chi connectivity index (χ4n) is 1.41. The zero-order valence-corrected chi connectivity index (χ0v) is 11.1. The van der Waals surface area contributed by atoms with Gasteiger partial charge in [0.15, 0.2) is 0 Å². The molecule has 0 aliphatic heterocycles. The second-order valence-electron chi connectivity index (χ2n) is 3.16. The zero-order valence-electron chi connectivity index (χ0n) is 9.51. The highest BCUT2D eigenvalue weighted by molar-refractivity contribution is 7.99. The van der Waals surface area contributed by atoms with Crippen molar-refractivity contribution in [1.29, 1.82) is 0 Å². The lowest BCUT2D eigenvalue weighted by Crippen LogP contribution is -2.47. The molecule has 0 radical (unpaired) electrons. The van der Waals surface area contributed by atoms with Crippen molar-refractivity contribution in [3.8, 4) is 0 Å². The molecule has 1 rings (SSSR count). The summed E-state index contributed by atoms with van der Waals surface area (Å²) < 4.78 is 0. The number of rotatable bonds is 4. The fourth-order valence-corrected chi connectivity index (χ4v) is 2.34. The predicted molar refractivity (Wildman–Crippen MR) is 75.4 cm³/mol. The molecule has 6 N–H and O–H groups in total. The largest absolute Gasteiger partial charge is 0.392 e. The van der Waals surface area contributed by atoms with Crippen LogP contribution in [0.25, 0.3) is 0 Å². The summed E-state index contributed by atoms with van der Waals surface area (Å²) >= 11 is 6.59. The van der Waals surface area contributed by atoms with Gasteiger partial charge in [-0.15, -0.1) is 11.8 Å². The van der Waals surface area contributed by atoms with Crippen molar-refractivity contribution in [3.05, 3.63) is 23.8 Å². The van der Waals surface area contributed by atoms with Gasteiger partial charge in [0.2, 0.25) is 5.11 Å². The summed E-state index contributed by atoms with van der Waals surface area (Å²) in [5, 5.41) is 10.9. The number of aliphatic hydroxyl groups is 1. The van der Waals surface area contributed by atoms with E-state index in [2.05, 4.69) is 5.43 Å². The molecule has 0 aliphatic rings. The minimum atomic E-state index is -0.0978. The first-order valence-electron chi connectivity index (χ1n) is 5.06. The molecule has 1 aromatic rings. The maximum absolute atomic E-state index is 9.44. The Labute approximate surface area is 110 Å². The van der Waals surface area contributed by atoms with Gasteiger partial charge >= 0.3 is 0 Å². The molecule has 0 aromatic heterocycles. The van der Waals surface area contributed by atoms with Crippen molar-refractivity contribution in [3.63, 3.8) is 0 Å². The maximum atomic E-state index is 9.44. The first kappa shape index (κ1) is 14.2. The lowest BCUT2D eigenvalue weighted by molar-refractivity contribution is 0.279. The van der Waals surface area contributed by atoms with Gasteiger partial charge in [-0.3, -0.25) is 10.4 Å². The van der Waals surface area contributed by atoms with Gasteiger partial charge in [0, 0.05) is 10.5 Å². The van der Waals surface area contributed by atoms with E-state index in [1.54, 1.807) is 17.8 Å². The SMILES string of the molecule is CCSc1cccc(N(N)C(=S)NN)c1CO. The second kappa shape index (κ2) is 6.77. The molecule has 0 spiro atoms. The number of nitrogens with two attached hydrogens (primary N) is 2. The van der Waals surface area contributed by atoms with Crippen molar-refractivity contribution in [2.45, 2.75) is 18.4 Å². The molecule has 1 aromatic carbocycles. The quantitative estimate of drug-likeness (QED) is 0.278. The third-order valence-electron chi connectivity index (χ3n) is 2.17. The number of hydrogen-bond donors (Lipinski definition) is 4. The number of hydrazine groups is 2. The van der Waals surface area contributed by atoms with Gasteiger partial charge in [-0.25, -0.2) is 11.7 Å². The van der Waals surface area contributed by atoms with E-state index >= 15 is 0 Å². The first-order chi connectivity index (χ1) is 8.15. The Morgan fingerprint density at radius 2 is 2.29 bits per heavy atom. The normalized spacial score (nSPS) is 10.1. The van der Waals surface area contributed by atoms with Gasteiger partial charge in [-0.2, -0.15) is 0 Å². The van der Waals surface area contributed by atoms with Crippen molar-refractivity contribution in [1.82, 2.24) is 5.43 Å². The van der Waals surface area contributed by atoms with E-state index in [0.717, 1.165) is 16.2 Å². The number of benzene rings is 1. The van der Waals surface area contributed by atoms with Crippen molar-refractivity contribution < 1.29 is 5.11 Å². The molecular weight excluding hydrogens is 256 g/mol. The highest BCUT2D eigenvalue weighted by atomic mass is 32.2. The molecule has 0 bridgehead atoms. The van der Waals surface area contributed by atoms with Crippen molar-refractivity contribution >= 4 is 34.8 Å². The molecular formula is C10H16N4OS2. The number of nitrogens with zero attached hydrogens (tertiary/aromatic N) is 1. The Kier molecular flexibility index (Phi) is 5.66. The minimum absolute atomic E-state index is 0.0978. The summed E-state index contributed by atoms with van der Waals surface area (Å²) in [6.45, 7) is 1.95. The summed E-state index contributed by atoms with van der Waals surface area (Å²) in [6.07, 6.45) is 0. The van der Waals surface area contributed by atoms with E-state index in [0.29, 0.717) is 5.69 Å². The van der Waals surface area contributed by atoms with E-state index < -0.39 is 0 Å². The molecule has 0 amide bonds. The molecule has 7 heteroatoms. The van der Waals surface area contributed by atoms with Crippen LogP contribution in [0.4, 0.5) is 5.69 Å². The zero-order chi connectivity index (χ0) is 12.8. The first-order valence-corrected chi connectivity index (χ1v) is 6.46. The monoisotopic (exact) mass is 272 g/mol. The fraction of sp³-hybridized carbons (Fsp3) is 0.300. The van der Waals surface area contributed by atoms with Crippen LogP contribution in [0.1, 0.15) is 12.5 Å². The van der Waals surface area contributed by atoms with Crippen LogP contribution in [0.3, 0.4) is 0 Å². The van der Waals surface area contributed by atoms with Crippen LogP contribution in [0.5, 0.6) is 0 Å². The Balaban J connectivity index is 3.14. The summed E-state index contributed by atoms with van der Waals surface area (Å²) in [6, 6.07) is 5.59. The van der Waals surface area contributed by atoms with E-state index in [1.807, 2.05) is 19.1 Å². The van der Waals surface area contributed by atoms with Gasteiger partial charge in [-0.05, 0) is 30.1 Å². The topological polar surface area (TPSA) is 87.5 Å². The van der Waals surface area contributed by atoms with E-state index in [9.17, 15) is 5.11 Å². The van der Waals surface area contributed by atoms with Gasteiger partial charge in [-0.1, -0.05) is 13.0 Å². The van der Waals surface area contributed by atoms with E-state index in [4.69, 9.17) is 23.9 Å². The average molecular weight is 272 g/mol. The number of thiocarbonyl (C=S) groups is 1. The number of nitrogens with one attached hydrogen (secondary N) is 1. The Morgan fingerprint density at radius 1 is 1.59 bits per heavy atom. The van der Waals surface area contributed by atoms with Gasteiger partial charge in [0.1, 0.15) is 0 Å². The molecule has 0 aliphatic carbocycles. The molecule has 0 heterocycles. The smallest absolute Gasteiger partial charge is 0.202 e.